The summed E-state index contributed by atoms with van der Waals surface area (Å²) in [7, 11) is 0. The average molecular weight is 428 g/mol. The minimum absolute atomic E-state index is 0.0764. The van der Waals surface area contributed by atoms with Gasteiger partial charge in [-0.1, -0.05) is 17.3 Å². The third kappa shape index (κ3) is 4.09. The molecule has 4 fully saturated rings. The van der Waals surface area contributed by atoms with Crippen molar-refractivity contribution in [1.29, 1.82) is 0 Å². The van der Waals surface area contributed by atoms with E-state index in [2.05, 4.69) is 15.5 Å². The van der Waals surface area contributed by atoms with Gasteiger partial charge in [-0.2, -0.15) is 4.98 Å². The maximum absolute atomic E-state index is 12.6. The molecule has 0 spiro atoms. The van der Waals surface area contributed by atoms with E-state index in [1.54, 1.807) is 0 Å². The number of amides is 1. The molecule has 0 saturated heterocycles. The van der Waals surface area contributed by atoms with Crippen LogP contribution in [0.4, 0.5) is 0 Å². The van der Waals surface area contributed by atoms with Crippen molar-refractivity contribution in [3.63, 3.8) is 0 Å². The molecule has 1 amide bonds. The van der Waals surface area contributed by atoms with Crippen molar-refractivity contribution >= 4 is 17.7 Å². The molecule has 1 aromatic carbocycles. The third-order valence-corrected chi connectivity index (χ3v) is 7.71. The van der Waals surface area contributed by atoms with Crippen molar-refractivity contribution < 1.29 is 14.1 Å². The van der Waals surface area contributed by atoms with Crippen LogP contribution in [0.2, 0.25) is 0 Å². The molecule has 0 radical (unpaired) electrons. The second-order valence-corrected chi connectivity index (χ2v) is 10.2. The SMILES string of the molecule is CCOc1ccccc1-c1noc(CSCC(=O)NC23CC4CC(CC(C4)C2)C3)n1. The number of benzene rings is 1. The van der Waals surface area contributed by atoms with Gasteiger partial charge in [-0.05, 0) is 75.3 Å². The molecule has 4 aliphatic carbocycles. The van der Waals surface area contributed by atoms with E-state index >= 15 is 0 Å². The van der Waals surface area contributed by atoms with E-state index in [1.807, 2.05) is 31.2 Å². The number of thioether (sulfide) groups is 1. The molecular weight excluding hydrogens is 398 g/mol. The van der Waals surface area contributed by atoms with Crippen molar-refractivity contribution in [3.8, 4) is 17.1 Å². The molecule has 160 valence electrons. The molecule has 0 unspecified atom stereocenters. The number of aromatic nitrogens is 2. The van der Waals surface area contributed by atoms with Gasteiger partial charge in [0.2, 0.25) is 17.6 Å². The molecule has 0 atom stereocenters. The summed E-state index contributed by atoms with van der Waals surface area (Å²) in [6, 6.07) is 7.68. The predicted octanol–water partition coefficient (Wildman–Crippen LogP) is 4.45. The smallest absolute Gasteiger partial charge is 0.236 e. The zero-order valence-electron chi connectivity index (χ0n) is 17.4. The molecule has 4 saturated carbocycles. The van der Waals surface area contributed by atoms with Crippen LogP contribution >= 0.6 is 11.8 Å². The third-order valence-electron chi connectivity index (χ3n) is 6.80. The Kier molecular flexibility index (Phi) is 5.48. The van der Waals surface area contributed by atoms with Crippen molar-refractivity contribution in [3.05, 3.63) is 30.2 Å². The van der Waals surface area contributed by atoms with Crippen molar-refractivity contribution in [1.82, 2.24) is 15.5 Å². The summed E-state index contributed by atoms with van der Waals surface area (Å²) in [5.74, 6) is 5.39. The van der Waals surface area contributed by atoms with Gasteiger partial charge in [-0.25, -0.2) is 0 Å². The molecule has 6 nitrogen and oxygen atoms in total. The lowest BCUT2D eigenvalue weighted by Crippen LogP contribution is -2.60. The van der Waals surface area contributed by atoms with Gasteiger partial charge < -0.3 is 14.6 Å². The molecule has 1 aromatic heterocycles. The minimum Gasteiger partial charge on any atom is -0.493 e. The fraction of sp³-hybridized carbons (Fsp3) is 0.609. The number of carbonyl (C=O) groups excluding carboxylic acids is 1. The normalized spacial score (nSPS) is 29.2. The Morgan fingerprint density at radius 3 is 2.60 bits per heavy atom. The van der Waals surface area contributed by atoms with Crippen LogP contribution in [0.15, 0.2) is 28.8 Å². The molecule has 2 aromatic rings. The van der Waals surface area contributed by atoms with Crippen LogP contribution in [0.3, 0.4) is 0 Å². The molecule has 30 heavy (non-hydrogen) atoms. The van der Waals surface area contributed by atoms with Gasteiger partial charge in [0.1, 0.15) is 5.75 Å². The summed E-state index contributed by atoms with van der Waals surface area (Å²) in [5, 5.41) is 7.51. The van der Waals surface area contributed by atoms with Crippen LogP contribution < -0.4 is 10.1 Å². The number of ether oxygens (including phenoxy) is 1. The Labute approximate surface area is 181 Å². The average Bonchev–Trinajstić information content (AvgIpc) is 3.16. The van der Waals surface area contributed by atoms with Gasteiger partial charge in [0.15, 0.2) is 0 Å². The van der Waals surface area contributed by atoms with E-state index in [4.69, 9.17) is 9.26 Å². The van der Waals surface area contributed by atoms with E-state index < -0.39 is 0 Å². The van der Waals surface area contributed by atoms with Gasteiger partial charge in [0, 0.05) is 5.54 Å². The number of nitrogens with one attached hydrogen (secondary N) is 1. The highest BCUT2D eigenvalue weighted by atomic mass is 32.2. The number of hydrogen-bond donors (Lipinski definition) is 1. The van der Waals surface area contributed by atoms with Gasteiger partial charge in [0.05, 0.1) is 23.7 Å². The number of nitrogens with zero attached hydrogens (tertiary/aromatic N) is 2. The Bertz CT molecular complexity index is 877. The maximum atomic E-state index is 12.6. The first kappa shape index (κ1) is 19.9. The van der Waals surface area contributed by atoms with Crippen LogP contribution in [0.5, 0.6) is 5.75 Å². The minimum atomic E-state index is 0.0764. The first-order chi connectivity index (χ1) is 14.6. The number of carbonyl (C=O) groups is 1. The van der Waals surface area contributed by atoms with Gasteiger partial charge in [0.25, 0.3) is 0 Å². The molecule has 0 aliphatic heterocycles. The zero-order chi connectivity index (χ0) is 20.6. The Morgan fingerprint density at radius 2 is 1.90 bits per heavy atom. The summed E-state index contributed by atoms with van der Waals surface area (Å²) in [4.78, 5) is 17.1. The van der Waals surface area contributed by atoms with Crippen LogP contribution in [-0.4, -0.2) is 33.9 Å². The van der Waals surface area contributed by atoms with E-state index in [-0.39, 0.29) is 11.4 Å². The van der Waals surface area contributed by atoms with Crippen LogP contribution in [0.1, 0.15) is 51.3 Å². The number of para-hydroxylation sites is 1. The van der Waals surface area contributed by atoms with Crippen LogP contribution in [0.25, 0.3) is 11.4 Å². The summed E-state index contributed by atoms with van der Waals surface area (Å²) in [6.45, 7) is 2.53. The largest absolute Gasteiger partial charge is 0.493 e. The standard InChI is InChI=1S/C23H29N3O3S/c1-2-28-19-6-4-3-5-18(19)22-24-21(29-26-22)14-30-13-20(27)25-23-10-15-7-16(11-23)9-17(8-15)12-23/h3-6,15-17H,2,7-14H2,1H3,(H,25,27). The first-order valence-electron chi connectivity index (χ1n) is 11.1. The van der Waals surface area contributed by atoms with Crippen LogP contribution in [0, 0.1) is 17.8 Å². The quantitative estimate of drug-likeness (QED) is 0.670. The molecule has 4 aliphatic rings. The van der Waals surface area contributed by atoms with Crippen molar-refractivity contribution in [2.45, 2.75) is 56.7 Å². The van der Waals surface area contributed by atoms with Crippen LogP contribution in [-0.2, 0) is 10.5 Å². The fourth-order valence-electron chi connectivity index (χ4n) is 6.18. The highest BCUT2D eigenvalue weighted by molar-refractivity contribution is 7.99. The topological polar surface area (TPSA) is 77.2 Å². The molecule has 7 heteroatoms. The lowest BCUT2D eigenvalue weighted by Gasteiger charge is -2.56. The predicted molar refractivity (Wildman–Crippen MR) is 116 cm³/mol. The fourth-order valence-corrected chi connectivity index (χ4v) is 6.83. The molecule has 4 bridgehead atoms. The molecule has 1 heterocycles. The summed E-state index contributed by atoms with van der Waals surface area (Å²) >= 11 is 1.53. The Morgan fingerprint density at radius 1 is 1.20 bits per heavy atom. The van der Waals surface area contributed by atoms with Gasteiger partial charge in [-0.15, -0.1) is 11.8 Å². The Balaban J connectivity index is 1.14. The summed E-state index contributed by atoms with van der Waals surface area (Å²) < 4.78 is 11.0. The lowest BCUT2D eigenvalue weighted by molar-refractivity contribution is -0.124. The molecule has 1 N–H and O–H groups in total. The number of rotatable bonds is 8. The highest BCUT2D eigenvalue weighted by Gasteiger charge is 2.51. The second-order valence-electron chi connectivity index (χ2n) is 9.18. The van der Waals surface area contributed by atoms with Crippen molar-refractivity contribution in [2.24, 2.45) is 17.8 Å². The highest BCUT2D eigenvalue weighted by Crippen LogP contribution is 2.55. The maximum Gasteiger partial charge on any atom is 0.236 e. The van der Waals surface area contributed by atoms with E-state index in [0.29, 0.717) is 29.8 Å². The second kappa shape index (κ2) is 8.25. The number of hydrogen-bond acceptors (Lipinski definition) is 6. The summed E-state index contributed by atoms with van der Waals surface area (Å²) in [5.41, 5.74) is 0.895. The van der Waals surface area contributed by atoms with E-state index in [9.17, 15) is 4.79 Å². The zero-order valence-corrected chi connectivity index (χ0v) is 18.2. The Hall–Kier alpha value is -2.02. The van der Waals surface area contributed by atoms with Crippen molar-refractivity contribution in [2.75, 3.05) is 12.4 Å². The molecule has 6 rings (SSSR count). The van der Waals surface area contributed by atoms with Gasteiger partial charge >= 0.3 is 0 Å². The van der Waals surface area contributed by atoms with E-state index in [1.165, 1.54) is 50.3 Å². The lowest BCUT2D eigenvalue weighted by atomic mass is 9.53. The monoisotopic (exact) mass is 427 g/mol. The molecular formula is C23H29N3O3S. The van der Waals surface area contributed by atoms with E-state index in [0.717, 1.165) is 29.1 Å². The van der Waals surface area contributed by atoms with Gasteiger partial charge in [-0.3, -0.25) is 4.79 Å². The summed E-state index contributed by atoms with van der Waals surface area (Å²) in [6.07, 6.45) is 7.70. The first-order valence-corrected chi connectivity index (χ1v) is 12.2.